The van der Waals surface area contributed by atoms with Gasteiger partial charge in [0.2, 0.25) is 11.8 Å². The number of carbonyl (C=O) groups excluding carboxylic acids is 2. The highest BCUT2D eigenvalue weighted by Gasteiger charge is 2.67. The number of benzene rings is 3. The highest BCUT2D eigenvalue weighted by atomic mass is 16.2. The molecule has 1 saturated carbocycles. The van der Waals surface area contributed by atoms with Gasteiger partial charge in [-0.2, -0.15) is 10.5 Å². The SMILES string of the molecule is CC1(C)[C](c2ccc(C#N)cc2)C2C(=O)N(c3ccccc3)C(=O)C2[C]1c1ccc(C#N)cc1. The predicted octanol–water partition coefficient (Wildman–Crippen LogP) is 4.82. The third-order valence-electron chi connectivity index (χ3n) is 6.94. The molecule has 5 nitrogen and oxygen atoms in total. The smallest absolute Gasteiger partial charge is 0.238 e. The number of hydrogen-bond acceptors (Lipinski definition) is 4. The maximum Gasteiger partial charge on any atom is 0.238 e. The number of carbonyl (C=O) groups is 2. The van der Waals surface area contributed by atoms with E-state index in [1.54, 1.807) is 36.4 Å². The zero-order chi connectivity index (χ0) is 24.0. The van der Waals surface area contributed by atoms with Crippen molar-refractivity contribution in [2.24, 2.45) is 17.3 Å². The summed E-state index contributed by atoms with van der Waals surface area (Å²) >= 11 is 0. The fraction of sp³-hybridized carbons (Fsp3) is 0.172. The van der Waals surface area contributed by atoms with Gasteiger partial charge in [-0.1, -0.05) is 56.3 Å². The number of fused-ring (bicyclic) bond motifs is 1. The minimum Gasteiger partial charge on any atom is -0.274 e. The summed E-state index contributed by atoms with van der Waals surface area (Å²) in [6, 6.07) is 27.7. The Labute approximate surface area is 198 Å². The van der Waals surface area contributed by atoms with Gasteiger partial charge in [0.25, 0.3) is 0 Å². The van der Waals surface area contributed by atoms with E-state index in [0.717, 1.165) is 23.0 Å². The summed E-state index contributed by atoms with van der Waals surface area (Å²) < 4.78 is 0. The fourth-order valence-corrected chi connectivity index (χ4v) is 5.54. The molecule has 2 unspecified atom stereocenters. The lowest BCUT2D eigenvalue weighted by Crippen LogP contribution is -2.38. The zero-order valence-corrected chi connectivity index (χ0v) is 18.8. The number of para-hydroxylation sites is 1. The monoisotopic (exact) mass is 443 g/mol. The third-order valence-corrected chi connectivity index (χ3v) is 6.94. The number of imide groups is 1. The molecular weight excluding hydrogens is 422 g/mol. The van der Waals surface area contributed by atoms with Gasteiger partial charge >= 0.3 is 0 Å². The van der Waals surface area contributed by atoms with Crippen molar-refractivity contribution < 1.29 is 9.59 Å². The van der Waals surface area contributed by atoms with Gasteiger partial charge in [0.05, 0.1) is 40.8 Å². The van der Waals surface area contributed by atoms with Gasteiger partial charge in [-0.3, -0.25) is 9.59 Å². The van der Waals surface area contributed by atoms with E-state index in [4.69, 9.17) is 0 Å². The first kappa shape index (κ1) is 21.6. The summed E-state index contributed by atoms with van der Waals surface area (Å²) in [5.74, 6) is -0.00612. The average Bonchev–Trinajstić information content (AvgIpc) is 3.25. The Balaban J connectivity index is 1.68. The highest BCUT2D eigenvalue weighted by Crippen LogP contribution is 2.64. The lowest BCUT2D eigenvalue weighted by atomic mass is 9.68. The number of nitrogens with zero attached hydrogens (tertiary/aromatic N) is 3. The molecule has 0 spiro atoms. The molecule has 5 rings (SSSR count). The molecule has 164 valence electrons. The van der Waals surface area contributed by atoms with E-state index in [-0.39, 0.29) is 11.8 Å². The van der Waals surface area contributed by atoms with Crippen LogP contribution in [0.1, 0.15) is 36.1 Å². The van der Waals surface area contributed by atoms with Crippen LogP contribution in [0.3, 0.4) is 0 Å². The molecule has 2 fully saturated rings. The van der Waals surface area contributed by atoms with Gasteiger partial charge in [-0.05, 0) is 52.9 Å². The van der Waals surface area contributed by atoms with Crippen LogP contribution in [0.15, 0.2) is 78.9 Å². The first-order chi connectivity index (χ1) is 16.4. The van der Waals surface area contributed by atoms with Gasteiger partial charge in [-0.25, -0.2) is 4.90 Å². The fourth-order valence-electron chi connectivity index (χ4n) is 5.54. The lowest BCUT2D eigenvalue weighted by molar-refractivity contribution is -0.122. The van der Waals surface area contributed by atoms with Crippen molar-refractivity contribution >= 4 is 17.5 Å². The predicted molar refractivity (Wildman–Crippen MR) is 127 cm³/mol. The molecular formula is C29H21N3O2. The summed E-state index contributed by atoms with van der Waals surface area (Å²) in [6.07, 6.45) is 0. The van der Waals surface area contributed by atoms with E-state index >= 15 is 0 Å². The number of anilines is 1. The molecule has 1 saturated heterocycles. The van der Waals surface area contributed by atoms with E-state index in [9.17, 15) is 20.1 Å². The maximum atomic E-state index is 13.8. The van der Waals surface area contributed by atoms with Crippen LogP contribution in [-0.2, 0) is 9.59 Å². The van der Waals surface area contributed by atoms with E-state index in [1.165, 1.54) is 4.90 Å². The molecule has 1 aliphatic heterocycles. The second-order valence-electron chi connectivity index (χ2n) is 9.13. The Morgan fingerprint density at radius 1 is 0.676 bits per heavy atom. The van der Waals surface area contributed by atoms with Crippen molar-refractivity contribution in [2.45, 2.75) is 13.8 Å². The van der Waals surface area contributed by atoms with Gasteiger partial charge in [0, 0.05) is 11.8 Å². The molecule has 0 aromatic heterocycles. The average molecular weight is 444 g/mol. The summed E-state index contributed by atoms with van der Waals surface area (Å²) in [6.45, 7) is 4.08. The summed E-state index contributed by atoms with van der Waals surface area (Å²) in [5, 5.41) is 18.5. The minimum absolute atomic E-state index is 0.239. The Morgan fingerprint density at radius 3 is 1.47 bits per heavy atom. The first-order valence-electron chi connectivity index (χ1n) is 11.1. The molecule has 2 amide bonds. The Bertz CT molecular complexity index is 1260. The van der Waals surface area contributed by atoms with Crippen LogP contribution in [0.5, 0.6) is 0 Å². The van der Waals surface area contributed by atoms with Crippen LogP contribution >= 0.6 is 0 Å². The quantitative estimate of drug-likeness (QED) is 0.543. The Kier molecular flexibility index (Phi) is 5.07. The van der Waals surface area contributed by atoms with Crippen molar-refractivity contribution in [1.29, 1.82) is 10.5 Å². The van der Waals surface area contributed by atoms with Crippen LogP contribution < -0.4 is 4.90 Å². The van der Waals surface area contributed by atoms with Crippen LogP contribution in [0.25, 0.3) is 0 Å². The van der Waals surface area contributed by atoms with Crippen molar-refractivity contribution in [2.75, 3.05) is 4.90 Å². The molecule has 0 N–H and O–H groups in total. The Morgan fingerprint density at radius 2 is 1.09 bits per heavy atom. The van der Waals surface area contributed by atoms with Crippen LogP contribution in [0.4, 0.5) is 5.69 Å². The van der Waals surface area contributed by atoms with Crippen LogP contribution in [0.2, 0.25) is 0 Å². The molecule has 3 aromatic carbocycles. The van der Waals surface area contributed by atoms with E-state index in [0.29, 0.717) is 16.8 Å². The van der Waals surface area contributed by atoms with Gasteiger partial charge < -0.3 is 0 Å². The van der Waals surface area contributed by atoms with Crippen molar-refractivity contribution in [3.8, 4) is 12.1 Å². The highest BCUT2D eigenvalue weighted by molar-refractivity contribution is 6.24. The van der Waals surface area contributed by atoms with Gasteiger partial charge in [-0.15, -0.1) is 0 Å². The zero-order valence-electron chi connectivity index (χ0n) is 18.8. The molecule has 2 atom stereocenters. The minimum atomic E-state index is -0.638. The van der Waals surface area contributed by atoms with E-state index < -0.39 is 17.3 Å². The largest absolute Gasteiger partial charge is 0.274 e. The topological polar surface area (TPSA) is 85.0 Å². The molecule has 3 aromatic rings. The molecule has 5 heteroatoms. The number of rotatable bonds is 3. The van der Waals surface area contributed by atoms with Crippen molar-refractivity contribution in [3.63, 3.8) is 0 Å². The summed E-state index contributed by atoms with van der Waals surface area (Å²) in [5.41, 5.74) is 2.73. The summed E-state index contributed by atoms with van der Waals surface area (Å²) in [4.78, 5) is 29.0. The Hall–Kier alpha value is -4.22. The second kappa shape index (κ2) is 7.97. The van der Waals surface area contributed by atoms with E-state index in [2.05, 4.69) is 12.1 Å². The number of nitriles is 2. The molecule has 34 heavy (non-hydrogen) atoms. The maximum absolute atomic E-state index is 13.8. The van der Waals surface area contributed by atoms with Crippen LogP contribution in [0, 0.1) is 51.7 Å². The third kappa shape index (κ3) is 3.13. The van der Waals surface area contributed by atoms with Gasteiger partial charge in [0.15, 0.2) is 0 Å². The first-order valence-corrected chi connectivity index (χ1v) is 11.1. The molecule has 0 bridgehead atoms. The normalized spacial score (nSPS) is 21.8. The standard InChI is InChI=1S/C29H21N3O2/c1-29(2)25(20-12-8-18(16-30)9-13-20)23-24(26(29)21-14-10-19(17-31)11-15-21)28(34)32(27(23)33)22-6-4-3-5-7-22/h3-15,23-24H,1-2H3. The van der Waals surface area contributed by atoms with Crippen molar-refractivity contribution in [1.82, 2.24) is 0 Å². The lowest BCUT2D eigenvalue weighted by Gasteiger charge is -2.36. The second-order valence-corrected chi connectivity index (χ2v) is 9.13. The molecule has 2 radical (unpaired) electrons. The van der Waals surface area contributed by atoms with Crippen molar-refractivity contribution in [3.05, 3.63) is 113 Å². The van der Waals surface area contributed by atoms with E-state index in [1.807, 2.05) is 56.3 Å². The van der Waals surface area contributed by atoms with Gasteiger partial charge in [0.1, 0.15) is 0 Å². The summed E-state index contributed by atoms with van der Waals surface area (Å²) in [7, 11) is 0. The molecule has 1 aliphatic carbocycles. The molecule has 1 heterocycles. The van der Waals surface area contributed by atoms with Crippen LogP contribution in [-0.4, -0.2) is 11.8 Å². The number of amides is 2. The molecule has 2 aliphatic rings. The number of hydrogen-bond donors (Lipinski definition) is 0.